The van der Waals surface area contributed by atoms with Gasteiger partial charge in [0.2, 0.25) is 5.91 Å². The molecule has 0 radical (unpaired) electrons. The molecule has 0 aromatic carbocycles. The molecule has 0 heterocycles. The van der Waals surface area contributed by atoms with Crippen molar-refractivity contribution in [3.05, 3.63) is 0 Å². The number of hydrogen-bond acceptors (Lipinski definition) is 7. The second-order valence-electron chi connectivity index (χ2n) is 19.1. The molecule has 61 heavy (non-hydrogen) atoms. The lowest BCUT2D eigenvalue weighted by molar-refractivity contribution is -0.121. The lowest BCUT2D eigenvalue weighted by Gasteiger charge is -2.27. The smallest absolute Gasteiger partial charge is 0.221 e. The summed E-state index contributed by atoms with van der Waals surface area (Å²) in [5.74, 6) is 0.110. The molecule has 6 N–H and O–H groups in total. The van der Waals surface area contributed by atoms with Crippen LogP contribution in [-0.4, -0.2) is 104 Å². The van der Waals surface area contributed by atoms with Gasteiger partial charge in [-0.1, -0.05) is 220 Å². The molecule has 0 fully saturated rings. The Bertz CT molecular complexity index is 851. The Labute approximate surface area is 381 Å². The van der Waals surface area contributed by atoms with Gasteiger partial charge in [-0.05, 0) is 58.3 Å². The molecule has 0 spiro atoms. The lowest BCUT2D eigenvalue weighted by Crippen LogP contribution is -2.40. The predicted molar refractivity (Wildman–Crippen MR) is 268 cm³/mol. The van der Waals surface area contributed by atoms with Crippen molar-refractivity contribution in [1.82, 2.24) is 20.4 Å². The van der Waals surface area contributed by atoms with Crippen molar-refractivity contribution in [2.75, 3.05) is 65.4 Å². The van der Waals surface area contributed by atoms with Crippen molar-refractivity contribution < 1.29 is 15.0 Å². The van der Waals surface area contributed by atoms with Crippen LogP contribution in [0.25, 0.3) is 0 Å². The Morgan fingerprint density at radius 1 is 0.426 bits per heavy atom. The monoisotopic (exact) mass is 866 g/mol. The molecule has 0 bridgehead atoms. The zero-order valence-corrected chi connectivity index (χ0v) is 41.7. The van der Waals surface area contributed by atoms with Crippen LogP contribution >= 0.6 is 0 Å². The zero-order chi connectivity index (χ0) is 44.5. The van der Waals surface area contributed by atoms with Crippen LogP contribution in [0.2, 0.25) is 0 Å². The van der Waals surface area contributed by atoms with Crippen molar-refractivity contribution in [3.63, 3.8) is 0 Å². The first-order valence-corrected chi connectivity index (χ1v) is 27.4. The van der Waals surface area contributed by atoms with Crippen molar-refractivity contribution in [2.45, 2.75) is 271 Å². The number of nitrogens with zero attached hydrogens (tertiary/aromatic N) is 2. The van der Waals surface area contributed by atoms with Crippen molar-refractivity contribution in [1.29, 1.82) is 0 Å². The van der Waals surface area contributed by atoms with E-state index in [0.717, 1.165) is 52.0 Å². The molecule has 0 saturated carbocycles. The topological polar surface area (TPSA) is 114 Å². The van der Waals surface area contributed by atoms with Gasteiger partial charge in [0, 0.05) is 45.7 Å². The zero-order valence-electron chi connectivity index (χ0n) is 41.7. The molecule has 0 aliphatic rings. The van der Waals surface area contributed by atoms with Gasteiger partial charge in [0.15, 0.2) is 0 Å². The molecule has 2 atom stereocenters. The molecular weight excluding hydrogens is 755 g/mol. The van der Waals surface area contributed by atoms with Gasteiger partial charge >= 0.3 is 0 Å². The number of nitrogens with one attached hydrogen (secondary N) is 2. The van der Waals surface area contributed by atoms with Gasteiger partial charge in [-0.3, -0.25) is 4.79 Å². The van der Waals surface area contributed by atoms with Crippen molar-refractivity contribution in [2.24, 2.45) is 5.73 Å². The van der Waals surface area contributed by atoms with E-state index in [1.807, 2.05) is 0 Å². The van der Waals surface area contributed by atoms with Gasteiger partial charge in [-0.25, -0.2) is 0 Å². The van der Waals surface area contributed by atoms with Crippen molar-refractivity contribution >= 4 is 5.91 Å². The Morgan fingerprint density at radius 2 is 0.721 bits per heavy atom. The molecule has 1 amide bonds. The fourth-order valence-electron chi connectivity index (χ4n) is 8.75. The van der Waals surface area contributed by atoms with Gasteiger partial charge in [0.1, 0.15) is 0 Å². The minimum atomic E-state index is -0.460. The molecule has 8 heteroatoms. The molecule has 0 rings (SSSR count). The SMILES string of the molecule is CCCCCCCCCCCCCCN(CCCCN(CCCCCCCCCCCCCC)CC(O)CNCCC(=O)NCCCCCCCCCCCC)CC(O)CN. The average Bonchev–Trinajstić information content (AvgIpc) is 3.26. The largest absolute Gasteiger partial charge is 0.390 e. The predicted octanol–water partition coefficient (Wildman–Crippen LogP) is 12.5. The number of hydrogen-bond donors (Lipinski definition) is 5. The van der Waals surface area contributed by atoms with E-state index in [9.17, 15) is 15.0 Å². The third-order valence-electron chi connectivity index (χ3n) is 12.8. The first-order valence-electron chi connectivity index (χ1n) is 27.4. The summed E-state index contributed by atoms with van der Waals surface area (Å²) in [6.07, 6.45) is 47.2. The number of carbonyl (C=O) groups is 1. The minimum absolute atomic E-state index is 0.110. The summed E-state index contributed by atoms with van der Waals surface area (Å²) >= 11 is 0. The summed E-state index contributed by atoms with van der Waals surface area (Å²) in [6.45, 7) is 14.4. The molecular formula is C53H111N5O3. The highest BCUT2D eigenvalue weighted by Gasteiger charge is 2.14. The van der Waals surface area contributed by atoms with Crippen molar-refractivity contribution in [3.8, 4) is 0 Å². The van der Waals surface area contributed by atoms with Gasteiger partial charge in [-0.15, -0.1) is 0 Å². The lowest BCUT2D eigenvalue weighted by atomic mass is 10.1. The Balaban J connectivity index is 4.55. The van der Waals surface area contributed by atoms with E-state index in [1.54, 1.807) is 0 Å². The maximum absolute atomic E-state index is 12.4. The second kappa shape index (κ2) is 50.2. The number of amides is 1. The number of aliphatic hydroxyl groups is 2. The van der Waals surface area contributed by atoms with E-state index in [-0.39, 0.29) is 5.91 Å². The van der Waals surface area contributed by atoms with Crippen LogP contribution in [-0.2, 0) is 4.79 Å². The van der Waals surface area contributed by atoms with E-state index in [4.69, 9.17) is 5.73 Å². The van der Waals surface area contributed by atoms with Crippen LogP contribution in [0.3, 0.4) is 0 Å². The summed E-state index contributed by atoms with van der Waals surface area (Å²) in [5, 5.41) is 27.9. The standard InChI is InChI=1S/C53H111N5O3/c1-4-7-10-13-16-19-22-24-27-30-33-36-43-57(49-51(59)47-54)45-38-39-46-58(44-37-34-31-28-25-23-20-17-14-11-8-5-2)50-52(60)48-55-42-40-53(61)56-41-35-32-29-26-21-18-15-12-9-6-3/h51-52,55,59-60H,4-50,54H2,1-3H3,(H,56,61). The van der Waals surface area contributed by atoms with Gasteiger partial charge < -0.3 is 36.4 Å². The summed E-state index contributed by atoms with van der Waals surface area (Å²) in [6, 6.07) is 0. The summed E-state index contributed by atoms with van der Waals surface area (Å²) in [7, 11) is 0. The first-order chi connectivity index (χ1) is 30.0. The highest BCUT2D eigenvalue weighted by molar-refractivity contribution is 5.75. The normalized spacial score (nSPS) is 12.9. The summed E-state index contributed by atoms with van der Waals surface area (Å²) < 4.78 is 0. The highest BCUT2D eigenvalue weighted by atomic mass is 16.3. The Kier molecular flexibility index (Phi) is 49.6. The number of carbonyl (C=O) groups excluding carboxylic acids is 1. The van der Waals surface area contributed by atoms with Crippen LogP contribution in [0.1, 0.15) is 258 Å². The van der Waals surface area contributed by atoms with E-state index in [2.05, 4.69) is 41.2 Å². The fraction of sp³-hybridized carbons (Fsp3) is 0.981. The van der Waals surface area contributed by atoms with E-state index in [0.29, 0.717) is 39.1 Å². The molecule has 0 saturated heterocycles. The maximum atomic E-state index is 12.4. The van der Waals surface area contributed by atoms with E-state index >= 15 is 0 Å². The number of unbranched alkanes of at least 4 members (excludes halogenated alkanes) is 32. The third kappa shape index (κ3) is 47.0. The minimum Gasteiger partial charge on any atom is -0.390 e. The van der Waals surface area contributed by atoms with E-state index < -0.39 is 12.2 Å². The van der Waals surface area contributed by atoms with Crippen LogP contribution in [0.5, 0.6) is 0 Å². The Hall–Kier alpha value is -0.770. The average molecular weight is 867 g/mol. The highest BCUT2D eigenvalue weighted by Crippen LogP contribution is 2.15. The quantitative estimate of drug-likeness (QED) is 0.0387. The third-order valence-corrected chi connectivity index (χ3v) is 12.8. The molecule has 2 unspecified atom stereocenters. The van der Waals surface area contributed by atoms with E-state index in [1.165, 1.54) is 212 Å². The molecule has 0 aliphatic heterocycles. The van der Waals surface area contributed by atoms with Crippen LogP contribution < -0.4 is 16.4 Å². The van der Waals surface area contributed by atoms with Crippen LogP contribution in [0, 0.1) is 0 Å². The first kappa shape index (κ1) is 60.2. The van der Waals surface area contributed by atoms with Gasteiger partial charge in [0.25, 0.3) is 0 Å². The summed E-state index contributed by atoms with van der Waals surface area (Å²) in [5.41, 5.74) is 5.83. The number of nitrogens with two attached hydrogens (primary N) is 1. The molecule has 8 nitrogen and oxygen atoms in total. The second-order valence-corrected chi connectivity index (χ2v) is 19.1. The Morgan fingerprint density at radius 3 is 1.07 bits per heavy atom. The van der Waals surface area contributed by atoms with Crippen LogP contribution in [0.15, 0.2) is 0 Å². The van der Waals surface area contributed by atoms with Crippen LogP contribution in [0.4, 0.5) is 0 Å². The van der Waals surface area contributed by atoms with Gasteiger partial charge in [-0.2, -0.15) is 0 Å². The molecule has 366 valence electrons. The maximum Gasteiger partial charge on any atom is 0.221 e. The molecule has 0 aromatic heterocycles. The summed E-state index contributed by atoms with van der Waals surface area (Å²) in [4.78, 5) is 17.3. The number of rotatable bonds is 52. The molecule has 0 aliphatic carbocycles. The van der Waals surface area contributed by atoms with Gasteiger partial charge in [0.05, 0.1) is 12.2 Å². The fourth-order valence-corrected chi connectivity index (χ4v) is 8.75. The number of aliphatic hydroxyl groups excluding tert-OH is 2. The molecule has 0 aromatic rings.